The highest BCUT2D eigenvalue weighted by molar-refractivity contribution is 6.27. The summed E-state index contributed by atoms with van der Waals surface area (Å²) in [6, 6.07) is 12.9. The first-order valence-corrected chi connectivity index (χ1v) is 8.80. The van der Waals surface area contributed by atoms with E-state index < -0.39 is 11.9 Å². The molecule has 7 heteroatoms. The van der Waals surface area contributed by atoms with Gasteiger partial charge in [-0.1, -0.05) is 24.3 Å². The van der Waals surface area contributed by atoms with Crippen molar-refractivity contribution in [2.24, 2.45) is 0 Å². The number of benzene rings is 1. The van der Waals surface area contributed by atoms with Gasteiger partial charge in [0.15, 0.2) is 0 Å². The molecule has 1 fully saturated rings. The molecule has 1 aromatic carbocycles. The molecule has 1 aromatic heterocycles. The van der Waals surface area contributed by atoms with Gasteiger partial charge in [-0.2, -0.15) is 0 Å². The Labute approximate surface area is 158 Å². The highest BCUT2D eigenvalue weighted by atomic mass is 16.4. The van der Waals surface area contributed by atoms with Crippen LogP contribution < -0.4 is 0 Å². The van der Waals surface area contributed by atoms with Crippen molar-refractivity contribution in [2.75, 3.05) is 26.2 Å². The lowest BCUT2D eigenvalue weighted by Crippen LogP contribution is -2.45. The minimum absolute atomic E-state index is 1.04. The van der Waals surface area contributed by atoms with Gasteiger partial charge in [0, 0.05) is 51.7 Å². The Bertz CT molecular complexity index is 732. The first-order valence-electron chi connectivity index (χ1n) is 8.80. The van der Waals surface area contributed by atoms with Gasteiger partial charge in [-0.15, -0.1) is 0 Å². The number of aryl methyl sites for hydroxylation is 1. The van der Waals surface area contributed by atoms with Gasteiger partial charge >= 0.3 is 11.9 Å². The van der Waals surface area contributed by atoms with Gasteiger partial charge in [0.2, 0.25) is 0 Å². The van der Waals surface area contributed by atoms with Crippen molar-refractivity contribution in [1.82, 2.24) is 14.8 Å². The van der Waals surface area contributed by atoms with Crippen LogP contribution in [-0.4, -0.2) is 63.1 Å². The number of pyridine rings is 1. The lowest BCUT2D eigenvalue weighted by Gasteiger charge is -2.35. The van der Waals surface area contributed by atoms with Gasteiger partial charge < -0.3 is 10.2 Å². The maximum atomic E-state index is 9.10. The first-order chi connectivity index (χ1) is 13.0. The molecule has 0 spiro atoms. The van der Waals surface area contributed by atoms with Crippen LogP contribution >= 0.6 is 0 Å². The average Bonchev–Trinajstić information content (AvgIpc) is 2.66. The molecule has 1 saturated heterocycles. The molecule has 144 valence electrons. The fourth-order valence-electron chi connectivity index (χ4n) is 2.88. The number of carboxylic acids is 2. The lowest BCUT2D eigenvalue weighted by molar-refractivity contribution is -0.159. The highest BCUT2D eigenvalue weighted by Gasteiger charge is 2.17. The van der Waals surface area contributed by atoms with Crippen molar-refractivity contribution in [2.45, 2.75) is 20.0 Å². The molecule has 27 heavy (non-hydrogen) atoms. The van der Waals surface area contributed by atoms with Crippen molar-refractivity contribution in [3.63, 3.8) is 0 Å². The normalized spacial score (nSPS) is 14.9. The number of carboxylic acid groups (broad SMARTS) is 2. The summed E-state index contributed by atoms with van der Waals surface area (Å²) in [7, 11) is 0. The second-order valence-corrected chi connectivity index (χ2v) is 6.44. The summed E-state index contributed by atoms with van der Waals surface area (Å²) in [6.45, 7) is 8.92. The van der Waals surface area contributed by atoms with Crippen LogP contribution in [0.15, 0.2) is 48.8 Å². The molecule has 0 radical (unpaired) electrons. The average molecular weight is 371 g/mol. The van der Waals surface area contributed by atoms with Gasteiger partial charge in [-0.25, -0.2) is 9.59 Å². The third-order valence-corrected chi connectivity index (χ3v) is 4.46. The number of nitrogens with zero attached hydrogens (tertiary/aromatic N) is 3. The van der Waals surface area contributed by atoms with Crippen LogP contribution in [0.5, 0.6) is 0 Å². The fraction of sp³-hybridized carbons (Fsp3) is 0.350. The van der Waals surface area contributed by atoms with Crippen LogP contribution in [0, 0.1) is 6.92 Å². The van der Waals surface area contributed by atoms with Crippen LogP contribution in [0.3, 0.4) is 0 Å². The molecule has 1 aliphatic rings. The number of hydrogen-bond acceptors (Lipinski definition) is 5. The molecule has 2 N–H and O–H groups in total. The zero-order valence-corrected chi connectivity index (χ0v) is 15.4. The summed E-state index contributed by atoms with van der Waals surface area (Å²) in [5.74, 6) is -3.65. The Kier molecular flexibility index (Phi) is 7.91. The van der Waals surface area contributed by atoms with E-state index in [1.807, 2.05) is 12.4 Å². The number of carbonyl (C=O) groups is 2. The summed E-state index contributed by atoms with van der Waals surface area (Å²) in [5, 5.41) is 14.8. The number of hydrogen-bond donors (Lipinski definition) is 2. The zero-order chi connectivity index (χ0) is 19.6. The Morgan fingerprint density at radius 3 is 1.93 bits per heavy atom. The molecule has 1 aliphatic heterocycles. The van der Waals surface area contributed by atoms with E-state index in [1.165, 1.54) is 16.7 Å². The minimum Gasteiger partial charge on any atom is -0.473 e. The van der Waals surface area contributed by atoms with Gasteiger partial charge in [0.05, 0.1) is 0 Å². The molecule has 2 heterocycles. The molecule has 0 unspecified atom stereocenters. The monoisotopic (exact) mass is 371 g/mol. The van der Waals surface area contributed by atoms with Crippen LogP contribution in [0.25, 0.3) is 0 Å². The van der Waals surface area contributed by atoms with E-state index in [2.05, 4.69) is 58.1 Å². The molecule has 0 aliphatic carbocycles. The quantitative estimate of drug-likeness (QED) is 0.792. The van der Waals surface area contributed by atoms with Crippen LogP contribution in [0.2, 0.25) is 0 Å². The van der Waals surface area contributed by atoms with Crippen molar-refractivity contribution >= 4 is 11.9 Å². The Morgan fingerprint density at radius 2 is 1.41 bits per heavy atom. The predicted octanol–water partition coefficient (Wildman–Crippen LogP) is 1.86. The molecule has 0 saturated carbocycles. The van der Waals surface area contributed by atoms with Gasteiger partial charge in [0.1, 0.15) is 0 Å². The third-order valence-electron chi connectivity index (χ3n) is 4.46. The minimum atomic E-state index is -1.82. The largest absolute Gasteiger partial charge is 0.473 e. The number of rotatable bonds is 4. The predicted molar refractivity (Wildman–Crippen MR) is 101 cm³/mol. The second-order valence-electron chi connectivity index (χ2n) is 6.44. The third kappa shape index (κ3) is 7.16. The topological polar surface area (TPSA) is 94.0 Å². The SMILES string of the molecule is Cc1ccccc1CN1CCN(Cc2ccncc2)CC1.O=C(O)C(=O)O. The first kappa shape index (κ1) is 20.5. The van der Waals surface area contributed by atoms with Crippen molar-refractivity contribution in [1.29, 1.82) is 0 Å². The Hall–Kier alpha value is -2.77. The van der Waals surface area contributed by atoms with E-state index >= 15 is 0 Å². The van der Waals surface area contributed by atoms with E-state index in [9.17, 15) is 0 Å². The molecule has 3 rings (SSSR count). The van der Waals surface area contributed by atoms with E-state index in [0.717, 1.165) is 39.3 Å². The zero-order valence-electron chi connectivity index (χ0n) is 15.4. The molecule has 2 aromatic rings. The van der Waals surface area contributed by atoms with Gasteiger partial charge in [-0.05, 0) is 35.7 Å². The van der Waals surface area contributed by atoms with Crippen molar-refractivity contribution in [3.8, 4) is 0 Å². The van der Waals surface area contributed by atoms with Crippen molar-refractivity contribution in [3.05, 3.63) is 65.5 Å². The molecular weight excluding hydrogens is 346 g/mol. The Balaban J connectivity index is 0.000000380. The second kappa shape index (κ2) is 10.4. The van der Waals surface area contributed by atoms with E-state index in [1.54, 1.807) is 0 Å². The van der Waals surface area contributed by atoms with Gasteiger partial charge in [0.25, 0.3) is 0 Å². The maximum absolute atomic E-state index is 9.10. The summed E-state index contributed by atoms with van der Waals surface area (Å²) in [5.41, 5.74) is 4.22. The molecule has 0 bridgehead atoms. The number of piperazine rings is 1. The highest BCUT2D eigenvalue weighted by Crippen LogP contribution is 2.13. The van der Waals surface area contributed by atoms with E-state index in [4.69, 9.17) is 19.8 Å². The summed E-state index contributed by atoms with van der Waals surface area (Å²) < 4.78 is 0. The molecule has 0 amide bonds. The fourth-order valence-corrected chi connectivity index (χ4v) is 2.88. The van der Waals surface area contributed by atoms with Crippen LogP contribution in [0.4, 0.5) is 0 Å². The van der Waals surface area contributed by atoms with Gasteiger partial charge in [-0.3, -0.25) is 14.8 Å². The summed E-state index contributed by atoms with van der Waals surface area (Å²) in [4.78, 5) is 27.4. The Morgan fingerprint density at radius 1 is 0.889 bits per heavy atom. The standard InChI is InChI=1S/C18H23N3.C2H2O4/c1-16-4-2-3-5-18(16)15-21-12-10-20(11-13-21)14-17-6-8-19-9-7-17;3-1(4)2(5)6/h2-9H,10-15H2,1H3;(H,3,4)(H,5,6). The van der Waals surface area contributed by atoms with Crippen LogP contribution in [0.1, 0.15) is 16.7 Å². The molecular formula is C20H25N3O4. The summed E-state index contributed by atoms with van der Waals surface area (Å²) >= 11 is 0. The summed E-state index contributed by atoms with van der Waals surface area (Å²) in [6.07, 6.45) is 3.76. The van der Waals surface area contributed by atoms with E-state index in [0.29, 0.717) is 0 Å². The van der Waals surface area contributed by atoms with E-state index in [-0.39, 0.29) is 0 Å². The molecule has 7 nitrogen and oxygen atoms in total. The number of aromatic nitrogens is 1. The molecule has 0 atom stereocenters. The van der Waals surface area contributed by atoms with Crippen LogP contribution in [-0.2, 0) is 22.7 Å². The van der Waals surface area contributed by atoms with Crippen molar-refractivity contribution < 1.29 is 19.8 Å². The smallest absolute Gasteiger partial charge is 0.414 e. The maximum Gasteiger partial charge on any atom is 0.414 e. The number of aliphatic carboxylic acids is 2. The lowest BCUT2D eigenvalue weighted by atomic mass is 10.1.